The molecule has 4 nitrogen and oxygen atoms in total. The van der Waals surface area contributed by atoms with Crippen LogP contribution in [0.3, 0.4) is 0 Å². The third kappa shape index (κ3) is 4.08. The third-order valence-corrected chi connectivity index (χ3v) is 11.0. The van der Waals surface area contributed by atoms with E-state index in [4.69, 9.17) is 13.3 Å². The Kier molecular flexibility index (Phi) is 6.02. The van der Waals surface area contributed by atoms with Crippen molar-refractivity contribution in [1.29, 1.82) is 0 Å². The van der Waals surface area contributed by atoms with Crippen LogP contribution >= 0.6 is 0 Å². The standard InChI is InChI=1S/C50H29NO3/c1-3-14-32-30(12-1)26-28-37-46-35(18-9-23-43(46)53-49(32)37)34-16-5-7-19-39(34)51(40-20-10-24-44-47(40)36-17-6-8-22-42(36)52-44)41-21-11-25-45-48(41)38-29-27-31-13-2-4-15-33(31)50(38)54-45/h1-29H. The Balaban J connectivity index is 1.21. The van der Waals surface area contributed by atoms with Crippen LogP contribution in [0.5, 0.6) is 0 Å². The quantitative estimate of drug-likeness (QED) is 0.184. The molecule has 0 aliphatic heterocycles. The smallest absolute Gasteiger partial charge is 0.143 e. The molecule has 0 radical (unpaired) electrons. The number of benzene rings is 9. The first kappa shape index (κ1) is 29.3. The van der Waals surface area contributed by atoms with E-state index in [1.165, 1.54) is 0 Å². The van der Waals surface area contributed by atoms with Gasteiger partial charge in [0.2, 0.25) is 0 Å². The number of hydrogen-bond acceptors (Lipinski definition) is 4. The number of rotatable bonds is 4. The van der Waals surface area contributed by atoms with E-state index in [0.717, 1.165) is 116 Å². The maximum atomic E-state index is 6.76. The van der Waals surface area contributed by atoms with E-state index >= 15 is 0 Å². The molecule has 0 bridgehead atoms. The second-order valence-corrected chi connectivity index (χ2v) is 14.0. The second kappa shape index (κ2) is 11.1. The summed E-state index contributed by atoms with van der Waals surface area (Å²) in [6.45, 7) is 0. The normalized spacial score (nSPS) is 12.1. The van der Waals surface area contributed by atoms with Crippen molar-refractivity contribution in [1.82, 2.24) is 0 Å². The first-order valence-corrected chi connectivity index (χ1v) is 18.3. The minimum Gasteiger partial charge on any atom is -0.456 e. The lowest BCUT2D eigenvalue weighted by atomic mass is 9.95. The molecule has 0 atom stereocenters. The summed E-state index contributed by atoms with van der Waals surface area (Å²) in [4.78, 5) is 2.41. The second-order valence-electron chi connectivity index (χ2n) is 14.0. The predicted octanol–water partition coefficient (Wildman–Crippen LogP) is 14.8. The zero-order valence-electron chi connectivity index (χ0n) is 28.9. The van der Waals surface area contributed by atoms with Crippen molar-refractivity contribution < 1.29 is 13.3 Å². The molecule has 0 saturated heterocycles. The number of hydrogen-bond donors (Lipinski definition) is 0. The molecule has 252 valence electrons. The predicted molar refractivity (Wildman–Crippen MR) is 223 cm³/mol. The highest BCUT2D eigenvalue weighted by Gasteiger charge is 2.26. The number of para-hydroxylation sites is 2. The highest BCUT2D eigenvalue weighted by molar-refractivity contribution is 6.23. The molecule has 3 aromatic heterocycles. The van der Waals surface area contributed by atoms with Crippen LogP contribution in [0.2, 0.25) is 0 Å². The van der Waals surface area contributed by atoms with Gasteiger partial charge in [-0.15, -0.1) is 0 Å². The van der Waals surface area contributed by atoms with E-state index in [1.807, 2.05) is 12.1 Å². The summed E-state index contributed by atoms with van der Waals surface area (Å²) in [5, 5.41) is 10.9. The van der Waals surface area contributed by atoms with Gasteiger partial charge >= 0.3 is 0 Å². The van der Waals surface area contributed by atoms with Gasteiger partial charge in [-0.25, -0.2) is 0 Å². The highest BCUT2D eigenvalue weighted by atomic mass is 16.3. The largest absolute Gasteiger partial charge is 0.456 e. The molecule has 0 spiro atoms. The Bertz CT molecular complexity index is 3470. The van der Waals surface area contributed by atoms with E-state index < -0.39 is 0 Å². The monoisotopic (exact) mass is 691 g/mol. The van der Waals surface area contributed by atoms with Gasteiger partial charge < -0.3 is 18.2 Å². The maximum Gasteiger partial charge on any atom is 0.143 e. The number of furan rings is 3. The van der Waals surface area contributed by atoms with E-state index in [9.17, 15) is 0 Å². The molecular weight excluding hydrogens is 663 g/mol. The van der Waals surface area contributed by atoms with Gasteiger partial charge in [0.1, 0.15) is 33.5 Å². The molecular formula is C50H29NO3. The fourth-order valence-electron chi connectivity index (χ4n) is 8.73. The van der Waals surface area contributed by atoms with Crippen molar-refractivity contribution in [2.45, 2.75) is 0 Å². The van der Waals surface area contributed by atoms with E-state index in [2.05, 4.69) is 169 Å². The fourth-order valence-corrected chi connectivity index (χ4v) is 8.73. The average Bonchev–Trinajstić information content (AvgIpc) is 3.93. The Morgan fingerprint density at radius 2 is 0.741 bits per heavy atom. The van der Waals surface area contributed by atoms with Crippen LogP contribution in [0.1, 0.15) is 0 Å². The van der Waals surface area contributed by atoms with E-state index in [-0.39, 0.29) is 0 Å². The molecule has 3 heterocycles. The van der Waals surface area contributed by atoms with Crippen molar-refractivity contribution >= 4 is 104 Å². The summed E-state index contributed by atoms with van der Waals surface area (Å²) >= 11 is 0. The van der Waals surface area contributed by atoms with Crippen LogP contribution in [-0.2, 0) is 0 Å². The average molecular weight is 692 g/mol. The van der Waals surface area contributed by atoms with Crippen LogP contribution in [0, 0.1) is 0 Å². The van der Waals surface area contributed by atoms with Crippen LogP contribution in [0.4, 0.5) is 17.1 Å². The minimum absolute atomic E-state index is 0.834. The van der Waals surface area contributed by atoms with Crippen LogP contribution < -0.4 is 4.90 Å². The van der Waals surface area contributed by atoms with Crippen LogP contribution in [0.25, 0.3) is 98.5 Å². The van der Waals surface area contributed by atoms with E-state index in [0.29, 0.717) is 0 Å². The zero-order valence-corrected chi connectivity index (χ0v) is 28.9. The lowest BCUT2D eigenvalue weighted by Gasteiger charge is -2.29. The summed E-state index contributed by atoms with van der Waals surface area (Å²) < 4.78 is 19.9. The summed E-state index contributed by atoms with van der Waals surface area (Å²) in [5.41, 5.74) is 10.4. The molecule has 0 amide bonds. The fraction of sp³-hybridized carbons (Fsp3) is 0. The number of nitrogens with zero attached hydrogens (tertiary/aromatic N) is 1. The lowest BCUT2D eigenvalue weighted by Crippen LogP contribution is -2.12. The van der Waals surface area contributed by atoms with Gasteiger partial charge in [-0.2, -0.15) is 0 Å². The molecule has 0 aliphatic rings. The summed E-state index contributed by atoms with van der Waals surface area (Å²) in [6, 6.07) is 61.8. The van der Waals surface area contributed by atoms with Gasteiger partial charge in [-0.1, -0.05) is 121 Å². The molecule has 0 unspecified atom stereocenters. The first-order chi connectivity index (χ1) is 26.8. The van der Waals surface area contributed by atoms with Crippen molar-refractivity contribution in [3.8, 4) is 11.1 Å². The molecule has 9 aromatic carbocycles. The number of fused-ring (bicyclic) bond motifs is 13. The Morgan fingerprint density at radius 3 is 1.44 bits per heavy atom. The molecule has 54 heavy (non-hydrogen) atoms. The van der Waals surface area contributed by atoms with Gasteiger partial charge in [0, 0.05) is 37.9 Å². The molecule has 0 fully saturated rings. The van der Waals surface area contributed by atoms with Gasteiger partial charge in [-0.3, -0.25) is 0 Å². The van der Waals surface area contributed by atoms with Crippen LogP contribution in [-0.4, -0.2) is 0 Å². The Hall–Kier alpha value is -7.30. The highest BCUT2D eigenvalue weighted by Crippen LogP contribution is 2.51. The Labute approximate surface area is 308 Å². The molecule has 4 heteroatoms. The van der Waals surface area contributed by atoms with E-state index in [1.54, 1.807) is 0 Å². The molecule has 0 N–H and O–H groups in total. The molecule has 0 aliphatic carbocycles. The van der Waals surface area contributed by atoms with Crippen molar-refractivity contribution in [2.75, 3.05) is 4.90 Å². The summed E-state index contributed by atoms with van der Waals surface area (Å²) in [6.07, 6.45) is 0. The summed E-state index contributed by atoms with van der Waals surface area (Å²) in [7, 11) is 0. The topological polar surface area (TPSA) is 42.7 Å². The van der Waals surface area contributed by atoms with Crippen molar-refractivity contribution in [3.63, 3.8) is 0 Å². The van der Waals surface area contributed by atoms with Crippen molar-refractivity contribution in [3.05, 3.63) is 176 Å². The first-order valence-electron chi connectivity index (χ1n) is 18.3. The van der Waals surface area contributed by atoms with Gasteiger partial charge in [-0.05, 0) is 70.9 Å². The van der Waals surface area contributed by atoms with Gasteiger partial charge in [0.25, 0.3) is 0 Å². The van der Waals surface area contributed by atoms with Gasteiger partial charge in [0.15, 0.2) is 0 Å². The molecule has 12 rings (SSSR count). The van der Waals surface area contributed by atoms with Crippen molar-refractivity contribution in [2.24, 2.45) is 0 Å². The Morgan fingerprint density at radius 1 is 0.278 bits per heavy atom. The SMILES string of the molecule is c1ccc(N(c2cccc3oc4ccccc4c23)c2cccc3oc4c5ccccc5ccc4c23)c(-c2cccc3oc4c5ccccc5ccc4c23)c1. The zero-order chi connectivity index (χ0) is 35.3. The molecule has 12 aromatic rings. The minimum atomic E-state index is 0.834. The summed E-state index contributed by atoms with van der Waals surface area (Å²) in [5.74, 6) is 0. The van der Waals surface area contributed by atoms with Gasteiger partial charge in [0.05, 0.1) is 27.8 Å². The lowest BCUT2D eigenvalue weighted by molar-refractivity contribution is 0.669. The van der Waals surface area contributed by atoms with Crippen LogP contribution in [0.15, 0.2) is 189 Å². The third-order valence-electron chi connectivity index (χ3n) is 11.0. The number of anilines is 3. The maximum absolute atomic E-state index is 6.76. The molecule has 0 saturated carbocycles.